The number of amides is 2. The number of carbonyl (C=O) groups is 2. The van der Waals surface area contributed by atoms with Crippen LogP contribution in [0.3, 0.4) is 0 Å². The first-order chi connectivity index (χ1) is 15.9. The van der Waals surface area contributed by atoms with Crippen LogP contribution in [0.5, 0.6) is 0 Å². The van der Waals surface area contributed by atoms with Crippen LogP contribution in [0.1, 0.15) is 34.4 Å². The molecule has 0 saturated carbocycles. The van der Waals surface area contributed by atoms with Gasteiger partial charge in [-0.2, -0.15) is 10.2 Å². The van der Waals surface area contributed by atoms with Crippen LogP contribution in [0.15, 0.2) is 59.4 Å². The van der Waals surface area contributed by atoms with Crippen LogP contribution in [0.25, 0.3) is 16.5 Å². The number of fused-ring (bicyclic) bond motifs is 1. The number of para-hydroxylation sites is 1. The second kappa shape index (κ2) is 9.07. The highest BCUT2D eigenvalue weighted by Gasteiger charge is 2.19. The lowest BCUT2D eigenvalue weighted by Crippen LogP contribution is -2.43. The topological polar surface area (TPSA) is 111 Å². The molecule has 0 aliphatic rings. The molecule has 4 aromatic rings. The molecule has 2 amide bonds. The highest BCUT2D eigenvalue weighted by molar-refractivity contribution is 6.05. The lowest BCUT2D eigenvalue weighted by molar-refractivity contribution is -0.121. The molecule has 0 saturated heterocycles. The van der Waals surface area contributed by atoms with Gasteiger partial charge in [-0.25, -0.2) is 9.36 Å². The number of nitrogens with one attached hydrogen (secondary N) is 2. The summed E-state index contributed by atoms with van der Waals surface area (Å²) in [5, 5.41) is 9.54. The number of hydrogen-bond acceptors (Lipinski definition) is 5. The first-order valence-electron chi connectivity index (χ1n) is 10.6. The maximum atomic E-state index is 12.8. The van der Waals surface area contributed by atoms with Crippen molar-refractivity contribution in [3.63, 3.8) is 0 Å². The Morgan fingerprint density at radius 1 is 0.909 bits per heavy atom. The standard InChI is InChI=1S/C24H24N6O3/c1-4-29-24(33)19-13-9-8-12-18(19)22(28-29)23(32)26-25-21(31)14-20-15(2)27-30(16(20)3)17-10-6-5-7-11-17/h5-13H,4,14H2,1-3H3,(H,25,31)(H,26,32). The first kappa shape index (κ1) is 21.9. The van der Waals surface area contributed by atoms with Crippen molar-refractivity contribution in [1.82, 2.24) is 30.4 Å². The fourth-order valence-electron chi connectivity index (χ4n) is 3.76. The zero-order valence-electron chi connectivity index (χ0n) is 18.6. The molecule has 2 N–H and O–H groups in total. The third kappa shape index (κ3) is 4.25. The van der Waals surface area contributed by atoms with Crippen molar-refractivity contribution in [3.05, 3.63) is 87.6 Å². The number of aryl methyl sites for hydroxylation is 2. The fourth-order valence-corrected chi connectivity index (χ4v) is 3.76. The maximum Gasteiger partial charge on any atom is 0.290 e. The number of nitrogens with zero attached hydrogens (tertiary/aromatic N) is 4. The minimum atomic E-state index is -0.602. The minimum absolute atomic E-state index is 0.0490. The molecule has 2 heterocycles. The Balaban J connectivity index is 1.51. The molecule has 0 bridgehead atoms. The van der Waals surface area contributed by atoms with Crippen LogP contribution in [0, 0.1) is 13.8 Å². The van der Waals surface area contributed by atoms with E-state index in [-0.39, 0.29) is 17.7 Å². The molecule has 0 unspecified atom stereocenters. The molecule has 2 aromatic heterocycles. The smallest absolute Gasteiger partial charge is 0.273 e. The van der Waals surface area contributed by atoms with Crippen molar-refractivity contribution < 1.29 is 9.59 Å². The predicted molar refractivity (Wildman–Crippen MR) is 124 cm³/mol. The Bertz CT molecular complexity index is 1410. The monoisotopic (exact) mass is 444 g/mol. The second-order valence-corrected chi connectivity index (χ2v) is 7.59. The van der Waals surface area contributed by atoms with Crippen LogP contribution in [0.2, 0.25) is 0 Å². The Kier molecular flexibility index (Phi) is 6.03. The summed E-state index contributed by atoms with van der Waals surface area (Å²) in [6.45, 7) is 5.84. The van der Waals surface area contributed by atoms with Gasteiger partial charge in [-0.3, -0.25) is 25.2 Å². The zero-order chi connectivity index (χ0) is 23.5. The van der Waals surface area contributed by atoms with Gasteiger partial charge < -0.3 is 0 Å². The van der Waals surface area contributed by atoms with Gasteiger partial charge in [0, 0.05) is 23.2 Å². The Morgan fingerprint density at radius 2 is 1.58 bits per heavy atom. The van der Waals surface area contributed by atoms with Crippen molar-refractivity contribution in [3.8, 4) is 5.69 Å². The maximum absolute atomic E-state index is 12.8. The molecular weight excluding hydrogens is 420 g/mol. The normalized spacial score (nSPS) is 10.9. The van der Waals surface area contributed by atoms with Gasteiger partial charge in [0.1, 0.15) is 0 Å². The summed E-state index contributed by atoms with van der Waals surface area (Å²) in [6.07, 6.45) is 0.0490. The van der Waals surface area contributed by atoms with Crippen LogP contribution in [-0.4, -0.2) is 31.4 Å². The predicted octanol–water partition coefficient (Wildman–Crippen LogP) is 2.22. The minimum Gasteiger partial charge on any atom is -0.273 e. The van der Waals surface area contributed by atoms with E-state index in [1.807, 2.05) is 44.2 Å². The number of carbonyl (C=O) groups excluding carboxylic acids is 2. The van der Waals surface area contributed by atoms with Crippen molar-refractivity contribution in [2.24, 2.45) is 0 Å². The van der Waals surface area contributed by atoms with Gasteiger partial charge in [0.2, 0.25) is 5.91 Å². The molecule has 0 aliphatic carbocycles. The van der Waals surface area contributed by atoms with E-state index in [1.54, 1.807) is 35.9 Å². The summed E-state index contributed by atoms with van der Waals surface area (Å²) >= 11 is 0. The van der Waals surface area contributed by atoms with Crippen LogP contribution < -0.4 is 16.4 Å². The lowest BCUT2D eigenvalue weighted by atomic mass is 10.1. The summed E-state index contributed by atoms with van der Waals surface area (Å²) < 4.78 is 3.02. The largest absolute Gasteiger partial charge is 0.290 e. The Hall–Kier alpha value is -4.27. The molecule has 0 atom stereocenters. The van der Waals surface area contributed by atoms with Crippen LogP contribution >= 0.6 is 0 Å². The number of hydrogen-bond donors (Lipinski definition) is 2. The van der Waals surface area contributed by atoms with Gasteiger partial charge in [0.05, 0.1) is 23.2 Å². The summed E-state index contributed by atoms with van der Waals surface area (Å²) in [6, 6.07) is 16.4. The molecule has 168 valence electrons. The number of benzene rings is 2. The second-order valence-electron chi connectivity index (χ2n) is 7.59. The molecule has 33 heavy (non-hydrogen) atoms. The molecule has 0 fully saturated rings. The molecule has 2 aromatic carbocycles. The third-order valence-electron chi connectivity index (χ3n) is 5.48. The van der Waals surface area contributed by atoms with Crippen LogP contribution in [0.4, 0.5) is 0 Å². The van der Waals surface area contributed by atoms with E-state index in [0.29, 0.717) is 17.3 Å². The zero-order valence-corrected chi connectivity index (χ0v) is 18.6. The number of hydrazine groups is 1. The van der Waals surface area contributed by atoms with Gasteiger partial charge in [-0.05, 0) is 39.0 Å². The molecule has 9 heteroatoms. The average Bonchev–Trinajstić information content (AvgIpc) is 3.12. The van der Waals surface area contributed by atoms with Gasteiger partial charge in [0.15, 0.2) is 5.69 Å². The van der Waals surface area contributed by atoms with Crippen molar-refractivity contribution >= 4 is 22.6 Å². The van der Waals surface area contributed by atoms with Gasteiger partial charge in [0.25, 0.3) is 11.5 Å². The average molecular weight is 444 g/mol. The molecule has 0 spiro atoms. The van der Waals surface area contributed by atoms with Gasteiger partial charge in [-0.15, -0.1) is 0 Å². The molecular formula is C24H24N6O3. The van der Waals surface area contributed by atoms with E-state index < -0.39 is 11.8 Å². The van der Waals surface area contributed by atoms with E-state index in [4.69, 9.17) is 0 Å². The Morgan fingerprint density at radius 3 is 2.27 bits per heavy atom. The summed E-state index contributed by atoms with van der Waals surface area (Å²) in [5.41, 5.74) is 7.94. The van der Waals surface area contributed by atoms with E-state index in [0.717, 1.165) is 22.6 Å². The van der Waals surface area contributed by atoms with E-state index in [2.05, 4.69) is 21.0 Å². The molecule has 0 aliphatic heterocycles. The number of aromatic nitrogens is 4. The number of rotatable bonds is 5. The highest BCUT2D eigenvalue weighted by atomic mass is 16.2. The first-order valence-corrected chi connectivity index (χ1v) is 10.6. The lowest BCUT2D eigenvalue weighted by Gasteiger charge is -2.11. The van der Waals surface area contributed by atoms with Crippen molar-refractivity contribution in [2.75, 3.05) is 0 Å². The Labute approximate surface area is 190 Å². The van der Waals surface area contributed by atoms with E-state index in [9.17, 15) is 14.4 Å². The third-order valence-corrected chi connectivity index (χ3v) is 5.48. The van der Waals surface area contributed by atoms with Crippen LogP contribution in [-0.2, 0) is 17.8 Å². The summed E-state index contributed by atoms with van der Waals surface area (Å²) in [7, 11) is 0. The van der Waals surface area contributed by atoms with Gasteiger partial charge in [-0.1, -0.05) is 36.4 Å². The summed E-state index contributed by atoms with van der Waals surface area (Å²) in [5.74, 6) is -0.995. The summed E-state index contributed by atoms with van der Waals surface area (Å²) in [4.78, 5) is 37.9. The molecule has 9 nitrogen and oxygen atoms in total. The SMILES string of the molecule is CCn1nc(C(=O)NNC(=O)Cc2c(C)nn(-c3ccccc3)c2C)c2ccccc2c1=O. The quantitative estimate of drug-likeness (QED) is 0.459. The van der Waals surface area contributed by atoms with Crippen molar-refractivity contribution in [2.45, 2.75) is 33.7 Å². The van der Waals surface area contributed by atoms with Gasteiger partial charge >= 0.3 is 0 Å². The highest BCUT2D eigenvalue weighted by Crippen LogP contribution is 2.18. The fraction of sp³-hybridized carbons (Fsp3) is 0.208. The molecule has 0 radical (unpaired) electrons. The van der Waals surface area contributed by atoms with E-state index in [1.165, 1.54) is 4.68 Å². The van der Waals surface area contributed by atoms with E-state index >= 15 is 0 Å². The van der Waals surface area contributed by atoms with Crippen molar-refractivity contribution in [1.29, 1.82) is 0 Å². The molecule has 4 rings (SSSR count).